The number of benzene rings is 1. The summed E-state index contributed by atoms with van der Waals surface area (Å²) < 4.78 is 0. The van der Waals surface area contributed by atoms with Crippen molar-refractivity contribution >= 4 is 17.3 Å². The molecule has 2 N–H and O–H groups in total. The minimum Gasteiger partial charge on any atom is -0.360 e. The Morgan fingerprint density at radius 2 is 1.96 bits per heavy atom. The summed E-state index contributed by atoms with van der Waals surface area (Å²) in [6.45, 7) is 8.00. The summed E-state index contributed by atoms with van der Waals surface area (Å²) in [6, 6.07) is 11.6. The lowest BCUT2D eigenvalue weighted by atomic mass is 10.2. The summed E-state index contributed by atoms with van der Waals surface area (Å²) in [5, 5.41) is 2.90. The fourth-order valence-corrected chi connectivity index (χ4v) is 2.89. The molecule has 1 aromatic heterocycles. The van der Waals surface area contributed by atoms with Crippen LogP contribution < -0.4 is 15.1 Å². The van der Waals surface area contributed by atoms with E-state index in [9.17, 15) is 4.79 Å². The van der Waals surface area contributed by atoms with Crippen molar-refractivity contribution in [2.24, 2.45) is 0 Å². The molecule has 0 unspecified atom stereocenters. The van der Waals surface area contributed by atoms with E-state index in [4.69, 9.17) is 0 Å². The van der Waals surface area contributed by atoms with Crippen LogP contribution in [0.2, 0.25) is 0 Å². The number of rotatable bonds is 4. The predicted molar refractivity (Wildman–Crippen MR) is 92.1 cm³/mol. The number of nitrogens with one attached hydrogen (secondary N) is 2. The largest absolute Gasteiger partial charge is 0.360 e. The molecule has 3 rings (SSSR count). The van der Waals surface area contributed by atoms with Crippen molar-refractivity contribution in [3.63, 3.8) is 0 Å². The number of pyridine rings is 1. The lowest BCUT2D eigenvalue weighted by Crippen LogP contribution is -3.14. The third kappa shape index (κ3) is 3.87. The molecule has 1 aliphatic rings. The molecule has 5 heteroatoms. The molecule has 120 valence electrons. The van der Waals surface area contributed by atoms with Crippen LogP contribution >= 0.6 is 0 Å². The summed E-state index contributed by atoms with van der Waals surface area (Å²) in [7, 11) is 0. The Labute approximate surface area is 136 Å². The number of likely N-dealkylation sites (N-methyl/N-ethyl adjacent to an activating group) is 1. The average Bonchev–Trinajstić information content (AvgIpc) is 2.63. The van der Waals surface area contributed by atoms with Crippen molar-refractivity contribution in [3.8, 4) is 0 Å². The van der Waals surface area contributed by atoms with E-state index in [0.717, 1.165) is 18.8 Å². The van der Waals surface area contributed by atoms with Crippen LogP contribution in [0, 0.1) is 0 Å². The predicted octanol–water partition coefficient (Wildman–Crippen LogP) is 1.06. The molecule has 1 amide bonds. The van der Waals surface area contributed by atoms with Gasteiger partial charge in [-0.05, 0) is 43.3 Å². The topological polar surface area (TPSA) is 49.7 Å². The van der Waals surface area contributed by atoms with Crippen molar-refractivity contribution in [1.82, 2.24) is 4.98 Å². The van der Waals surface area contributed by atoms with E-state index < -0.39 is 0 Å². The molecule has 0 radical (unpaired) electrons. The summed E-state index contributed by atoms with van der Waals surface area (Å²) in [6.07, 6.45) is 3.23. The number of piperazine rings is 1. The number of carbonyl (C=O) groups excluding carboxylic acids is 1. The van der Waals surface area contributed by atoms with Gasteiger partial charge in [0.05, 0.1) is 38.3 Å². The number of hydrogen-bond donors (Lipinski definition) is 2. The van der Waals surface area contributed by atoms with E-state index in [-0.39, 0.29) is 5.91 Å². The van der Waals surface area contributed by atoms with Crippen LogP contribution in [0.1, 0.15) is 17.3 Å². The Balaban J connectivity index is 1.60. The number of quaternary nitrogens is 1. The summed E-state index contributed by atoms with van der Waals surface area (Å²) >= 11 is 0. The highest BCUT2D eigenvalue weighted by atomic mass is 16.1. The molecule has 1 fully saturated rings. The third-order valence-electron chi connectivity index (χ3n) is 4.38. The van der Waals surface area contributed by atoms with Crippen molar-refractivity contribution in [3.05, 3.63) is 54.4 Å². The number of hydrogen-bond acceptors (Lipinski definition) is 3. The number of carbonyl (C=O) groups is 1. The van der Waals surface area contributed by atoms with Crippen molar-refractivity contribution in [1.29, 1.82) is 0 Å². The summed E-state index contributed by atoms with van der Waals surface area (Å²) in [5.74, 6) is -0.133. The maximum atomic E-state index is 12.1. The Kier molecular flexibility index (Phi) is 4.88. The quantitative estimate of drug-likeness (QED) is 0.888. The average molecular weight is 311 g/mol. The fourth-order valence-electron chi connectivity index (χ4n) is 2.89. The maximum Gasteiger partial charge on any atom is 0.257 e. The van der Waals surface area contributed by atoms with Crippen LogP contribution in [0.3, 0.4) is 0 Å². The second-order valence-corrected chi connectivity index (χ2v) is 5.83. The normalized spacial score (nSPS) is 15.4. The standard InChI is InChI=1S/C18H22N4O/c1-2-21-10-12-22(13-11-21)17-7-5-16(6-8-17)20-18(23)15-4-3-9-19-14-15/h3-9,14H,2,10-13H2,1H3,(H,20,23)/p+1. The maximum absolute atomic E-state index is 12.1. The van der Waals surface area contributed by atoms with Gasteiger partial charge in [0, 0.05) is 23.8 Å². The van der Waals surface area contributed by atoms with Gasteiger partial charge in [0.2, 0.25) is 0 Å². The zero-order chi connectivity index (χ0) is 16.1. The zero-order valence-corrected chi connectivity index (χ0v) is 13.5. The van der Waals surface area contributed by atoms with Crippen LogP contribution in [-0.2, 0) is 0 Å². The molecular weight excluding hydrogens is 288 g/mol. The van der Waals surface area contributed by atoms with E-state index in [1.54, 1.807) is 29.4 Å². The Morgan fingerprint density at radius 1 is 1.22 bits per heavy atom. The zero-order valence-electron chi connectivity index (χ0n) is 13.5. The monoisotopic (exact) mass is 311 g/mol. The van der Waals surface area contributed by atoms with Crippen molar-refractivity contribution in [2.75, 3.05) is 42.9 Å². The van der Waals surface area contributed by atoms with Gasteiger partial charge in [0.1, 0.15) is 0 Å². The number of amides is 1. The number of aromatic nitrogens is 1. The first-order valence-corrected chi connectivity index (χ1v) is 8.16. The van der Waals surface area contributed by atoms with Crippen LogP contribution in [0.15, 0.2) is 48.8 Å². The van der Waals surface area contributed by atoms with Gasteiger partial charge in [-0.2, -0.15) is 0 Å². The van der Waals surface area contributed by atoms with E-state index in [0.29, 0.717) is 5.56 Å². The summed E-state index contributed by atoms with van der Waals surface area (Å²) in [4.78, 5) is 20.1. The van der Waals surface area contributed by atoms with Crippen LogP contribution in [-0.4, -0.2) is 43.6 Å². The smallest absolute Gasteiger partial charge is 0.257 e. The second-order valence-electron chi connectivity index (χ2n) is 5.83. The van der Waals surface area contributed by atoms with Crippen molar-refractivity contribution < 1.29 is 9.69 Å². The van der Waals surface area contributed by atoms with Crippen molar-refractivity contribution in [2.45, 2.75) is 6.92 Å². The van der Waals surface area contributed by atoms with Gasteiger partial charge in [-0.25, -0.2) is 0 Å². The van der Waals surface area contributed by atoms with Gasteiger partial charge < -0.3 is 15.1 Å². The SMILES string of the molecule is CC[NH+]1CCN(c2ccc(NC(=O)c3cccnc3)cc2)CC1. The van der Waals surface area contributed by atoms with Gasteiger partial charge >= 0.3 is 0 Å². The van der Waals surface area contributed by atoms with Crippen LogP contribution in [0.4, 0.5) is 11.4 Å². The van der Waals surface area contributed by atoms with E-state index >= 15 is 0 Å². The molecule has 0 saturated carbocycles. The fraction of sp³-hybridized carbons (Fsp3) is 0.333. The Bertz CT molecular complexity index is 634. The Morgan fingerprint density at radius 3 is 2.57 bits per heavy atom. The first kappa shape index (κ1) is 15.5. The molecular formula is C18H23N4O+. The first-order valence-electron chi connectivity index (χ1n) is 8.16. The molecule has 0 spiro atoms. The molecule has 1 saturated heterocycles. The second kappa shape index (κ2) is 7.24. The minimum absolute atomic E-state index is 0.133. The molecule has 5 nitrogen and oxygen atoms in total. The lowest BCUT2D eigenvalue weighted by Gasteiger charge is -2.33. The first-order chi connectivity index (χ1) is 11.3. The number of nitrogens with zero attached hydrogens (tertiary/aromatic N) is 2. The van der Waals surface area contributed by atoms with Gasteiger partial charge in [-0.15, -0.1) is 0 Å². The molecule has 1 aliphatic heterocycles. The summed E-state index contributed by atoms with van der Waals surface area (Å²) in [5.41, 5.74) is 2.59. The van der Waals surface area contributed by atoms with Crippen LogP contribution in [0.5, 0.6) is 0 Å². The van der Waals surface area contributed by atoms with E-state index in [2.05, 4.69) is 34.3 Å². The Hall–Kier alpha value is -2.40. The minimum atomic E-state index is -0.133. The van der Waals surface area contributed by atoms with Gasteiger partial charge in [-0.1, -0.05) is 0 Å². The molecule has 23 heavy (non-hydrogen) atoms. The lowest BCUT2D eigenvalue weighted by molar-refractivity contribution is -0.898. The molecule has 1 aromatic carbocycles. The highest BCUT2D eigenvalue weighted by Crippen LogP contribution is 2.18. The highest BCUT2D eigenvalue weighted by molar-refractivity contribution is 6.04. The van der Waals surface area contributed by atoms with Gasteiger partial charge in [-0.3, -0.25) is 9.78 Å². The molecule has 2 heterocycles. The molecule has 0 aliphatic carbocycles. The molecule has 0 atom stereocenters. The van der Waals surface area contributed by atoms with Gasteiger partial charge in [0.25, 0.3) is 5.91 Å². The molecule has 2 aromatic rings. The molecule has 0 bridgehead atoms. The van der Waals surface area contributed by atoms with E-state index in [1.807, 2.05) is 12.1 Å². The third-order valence-corrected chi connectivity index (χ3v) is 4.38. The highest BCUT2D eigenvalue weighted by Gasteiger charge is 2.18. The number of anilines is 2. The van der Waals surface area contributed by atoms with Crippen LogP contribution in [0.25, 0.3) is 0 Å². The van der Waals surface area contributed by atoms with Gasteiger partial charge in [0.15, 0.2) is 0 Å². The van der Waals surface area contributed by atoms with E-state index in [1.165, 1.54) is 25.3 Å².